The Bertz CT molecular complexity index is 193. The van der Waals surface area contributed by atoms with Gasteiger partial charge in [-0.2, -0.15) is 0 Å². The average Bonchev–Trinajstić information content (AvgIpc) is 2.78. The van der Waals surface area contributed by atoms with E-state index in [1.54, 1.807) is 7.11 Å². The van der Waals surface area contributed by atoms with Gasteiger partial charge in [-0.3, -0.25) is 0 Å². The van der Waals surface area contributed by atoms with E-state index in [0.717, 1.165) is 17.8 Å². The highest BCUT2D eigenvalue weighted by Gasteiger charge is 2.42. The molecule has 2 heteroatoms. The van der Waals surface area contributed by atoms with Gasteiger partial charge in [0.1, 0.15) is 0 Å². The van der Waals surface area contributed by atoms with Crippen molar-refractivity contribution in [1.29, 1.82) is 0 Å². The molecule has 0 spiro atoms. The summed E-state index contributed by atoms with van der Waals surface area (Å²) in [7, 11) is 1.71. The first-order valence-corrected chi connectivity index (χ1v) is 5.89. The average molecular weight is 198 g/mol. The number of hydrogen-bond acceptors (Lipinski definition) is 2. The van der Waals surface area contributed by atoms with Crippen molar-refractivity contribution in [2.75, 3.05) is 7.11 Å². The third-order valence-corrected chi connectivity index (χ3v) is 4.13. The van der Waals surface area contributed by atoms with Crippen molar-refractivity contribution in [3.63, 3.8) is 0 Å². The molecule has 0 aromatic heterocycles. The third-order valence-electron chi connectivity index (χ3n) is 4.13. The van der Waals surface area contributed by atoms with Crippen LogP contribution < -0.4 is 0 Å². The van der Waals surface area contributed by atoms with Crippen LogP contribution in [0.3, 0.4) is 0 Å². The van der Waals surface area contributed by atoms with Gasteiger partial charge >= 0.3 is 0 Å². The number of ether oxygens (including phenoxy) is 2. The zero-order valence-corrected chi connectivity index (χ0v) is 9.53. The highest BCUT2D eigenvalue weighted by atomic mass is 16.7. The first-order valence-electron chi connectivity index (χ1n) is 5.89. The molecule has 0 aliphatic heterocycles. The zero-order chi connectivity index (χ0) is 10.1. The van der Waals surface area contributed by atoms with Gasteiger partial charge in [-0.15, -0.1) is 0 Å². The van der Waals surface area contributed by atoms with Gasteiger partial charge in [0.15, 0.2) is 6.29 Å². The van der Waals surface area contributed by atoms with Crippen molar-refractivity contribution in [3.8, 4) is 0 Å². The van der Waals surface area contributed by atoms with Crippen LogP contribution in [0, 0.1) is 17.8 Å². The van der Waals surface area contributed by atoms with Crippen molar-refractivity contribution < 1.29 is 9.47 Å². The highest BCUT2D eigenvalue weighted by Crippen LogP contribution is 2.50. The van der Waals surface area contributed by atoms with Crippen LogP contribution in [-0.4, -0.2) is 19.5 Å². The van der Waals surface area contributed by atoms with E-state index in [1.165, 1.54) is 25.7 Å². The van der Waals surface area contributed by atoms with E-state index < -0.39 is 0 Å². The quantitative estimate of drug-likeness (QED) is 0.647. The zero-order valence-electron chi connectivity index (χ0n) is 9.53. The van der Waals surface area contributed by atoms with Gasteiger partial charge in [-0.25, -0.2) is 0 Å². The van der Waals surface area contributed by atoms with E-state index in [0.29, 0.717) is 6.10 Å². The predicted molar refractivity (Wildman–Crippen MR) is 56.0 cm³/mol. The van der Waals surface area contributed by atoms with E-state index >= 15 is 0 Å². The molecule has 0 heterocycles. The topological polar surface area (TPSA) is 18.5 Å². The molecule has 2 saturated carbocycles. The minimum atomic E-state index is -0.0517. The standard InChI is InChI=1S/C12H22O2/c1-8(14-9(2)13-3)12-7-10-4-5-11(12)6-10/h8-12H,4-7H2,1-3H3. The molecule has 0 aromatic rings. The summed E-state index contributed by atoms with van der Waals surface area (Å²) in [5.41, 5.74) is 0. The molecule has 5 unspecified atom stereocenters. The molecule has 0 aromatic carbocycles. The summed E-state index contributed by atoms with van der Waals surface area (Å²) >= 11 is 0. The van der Waals surface area contributed by atoms with Gasteiger partial charge in [0.25, 0.3) is 0 Å². The minimum Gasteiger partial charge on any atom is -0.356 e. The maximum Gasteiger partial charge on any atom is 0.154 e. The number of hydrogen-bond donors (Lipinski definition) is 0. The Kier molecular flexibility index (Phi) is 3.13. The lowest BCUT2D eigenvalue weighted by Gasteiger charge is -2.29. The first-order chi connectivity index (χ1) is 6.70. The number of rotatable bonds is 4. The molecule has 2 aliphatic rings. The Balaban J connectivity index is 1.83. The Morgan fingerprint density at radius 2 is 1.93 bits per heavy atom. The summed E-state index contributed by atoms with van der Waals surface area (Å²) in [6, 6.07) is 0. The van der Waals surface area contributed by atoms with E-state index in [4.69, 9.17) is 9.47 Å². The van der Waals surface area contributed by atoms with E-state index in [1.807, 2.05) is 6.92 Å². The summed E-state index contributed by atoms with van der Waals surface area (Å²) in [4.78, 5) is 0. The molecular formula is C12H22O2. The highest BCUT2D eigenvalue weighted by molar-refractivity contribution is 4.92. The first kappa shape index (κ1) is 10.4. The monoisotopic (exact) mass is 198 g/mol. The fourth-order valence-electron chi connectivity index (χ4n) is 3.33. The van der Waals surface area contributed by atoms with Gasteiger partial charge < -0.3 is 9.47 Å². The van der Waals surface area contributed by atoms with Crippen molar-refractivity contribution >= 4 is 0 Å². The smallest absolute Gasteiger partial charge is 0.154 e. The lowest BCUT2D eigenvalue weighted by atomic mass is 9.85. The molecule has 0 saturated heterocycles. The molecular weight excluding hydrogens is 176 g/mol. The van der Waals surface area contributed by atoms with Crippen LogP contribution in [0.4, 0.5) is 0 Å². The van der Waals surface area contributed by atoms with Gasteiger partial charge in [0.2, 0.25) is 0 Å². The van der Waals surface area contributed by atoms with Gasteiger partial charge in [0.05, 0.1) is 6.10 Å². The van der Waals surface area contributed by atoms with Gasteiger partial charge in [-0.1, -0.05) is 6.42 Å². The molecule has 5 atom stereocenters. The van der Waals surface area contributed by atoms with Crippen LogP contribution in [0.1, 0.15) is 39.5 Å². The lowest BCUT2D eigenvalue weighted by Crippen LogP contribution is -2.29. The molecule has 0 N–H and O–H groups in total. The molecule has 82 valence electrons. The Morgan fingerprint density at radius 1 is 1.14 bits per heavy atom. The van der Waals surface area contributed by atoms with Crippen molar-refractivity contribution in [1.82, 2.24) is 0 Å². The fraction of sp³-hybridized carbons (Fsp3) is 1.00. The normalized spacial score (nSPS) is 40.1. The third kappa shape index (κ3) is 1.96. The Morgan fingerprint density at radius 3 is 2.43 bits per heavy atom. The van der Waals surface area contributed by atoms with Crippen LogP contribution in [0.25, 0.3) is 0 Å². The van der Waals surface area contributed by atoms with Gasteiger partial charge in [-0.05, 0) is 50.9 Å². The van der Waals surface area contributed by atoms with E-state index in [2.05, 4.69) is 6.92 Å². The predicted octanol–water partition coefficient (Wildman–Crippen LogP) is 2.82. The summed E-state index contributed by atoms with van der Waals surface area (Å²) in [5.74, 6) is 2.75. The Labute approximate surface area is 87.0 Å². The van der Waals surface area contributed by atoms with Crippen LogP contribution in [0.2, 0.25) is 0 Å². The minimum absolute atomic E-state index is 0.0517. The molecule has 0 radical (unpaired) electrons. The molecule has 2 rings (SSSR count). The van der Waals surface area contributed by atoms with Crippen LogP contribution in [-0.2, 0) is 9.47 Å². The summed E-state index contributed by atoms with van der Waals surface area (Å²) in [6.07, 6.45) is 6.07. The van der Waals surface area contributed by atoms with Crippen molar-refractivity contribution in [2.24, 2.45) is 17.8 Å². The molecule has 14 heavy (non-hydrogen) atoms. The summed E-state index contributed by atoms with van der Waals surface area (Å²) in [5, 5.41) is 0. The van der Waals surface area contributed by atoms with E-state index in [9.17, 15) is 0 Å². The van der Waals surface area contributed by atoms with Crippen molar-refractivity contribution in [3.05, 3.63) is 0 Å². The Hall–Kier alpha value is -0.0800. The van der Waals surface area contributed by atoms with Crippen LogP contribution >= 0.6 is 0 Å². The molecule has 2 fully saturated rings. The van der Waals surface area contributed by atoms with Gasteiger partial charge in [0, 0.05) is 7.11 Å². The SMILES string of the molecule is COC(C)OC(C)C1CC2CCC1C2. The lowest BCUT2D eigenvalue weighted by molar-refractivity contribution is -0.157. The summed E-state index contributed by atoms with van der Waals surface area (Å²) in [6.45, 7) is 4.19. The van der Waals surface area contributed by atoms with Crippen LogP contribution in [0.15, 0.2) is 0 Å². The van der Waals surface area contributed by atoms with Crippen LogP contribution in [0.5, 0.6) is 0 Å². The summed E-state index contributed by atoms with van der Waals surface area (Å²) < 4.78 is 11.0. The second kappa shape index (κ2) is 4.19. The van der Waals surface area contributed by atoms with E-state index in [-0.39, 0.29) is 6.29 Å². The number of fused-ring (bicyclic) bond motifs is 2. The maximum absolute atomic E-state index is 5.81. The molecule has 2 bridgehead atoms. The fourth-order valence-corrected chi connectivity index (χ4v) is 3.33. The largest absolute Gasteiger partial charge is 0.356 e. The number of methoxy groups -OCH3 is 1. The maximum atomic E-state index is 5.81. The second-order valence-electron chi connectivity index (χ2n) is 4.98. The molecule has 2 aliphatic carbocycles. The molecule has 0 amide bonds. The second-order valence-corrected chi connectivity index (χ2v) is 4.98. The van der Waals surface area contributed by atoms with Crippen molar-refractivity contribution in [2.45, 2.75) is 51.9 Å². The molecule has 2 nitrogen and oxygen atoms in total.